The van der Waals surface area contributed by atoms with Crippen LogP contribution in [0.5, 0.6) is 0 Å². The second kappa shape index (κ2) is 8.71. The van der Waals surface area contributed by atoms with Crippen LogP contribution >= 0.6 is 12.4 Å². The molecule has 0 aliphatic carbocycles. The second-order valence-corrected chi connectivity index (χ2v) is 6.89. The van der Waals surface area contributed by atoms with Crippen molar-refractivity contribution in [2.24, 2.45) is 7.05 Å². The number of hydrogen-bond donors (Lipinski definition) is 0. The first-order valence-corrected chi connectivity index (χ1v) is 9.14. The van der Waals surface area contributed by atoms with E-state index in [1.807, 2.05) is 17.9 Å². The zero-order valence-corrected chi connectivity index (χ0v) is 17.0. The molecule has 1 atom stereocenters. The van der Waals surface area contributed by atoms with Gasteiger partial charge in [-0.15, -0.1) is 12.4 Å². The van der Waals surface area contributed by atoms with Crippen molar-refractivity contribution in [1.29, 1.82) is 0 Å². The Morgan fingerprint density at radius 2 is 1.97 bits per heavy atom. The van der Waals surface area contributed by atoms with Crippen molar-refractivity contribution in [3.8, 4) is 11.3 Å². The summed E-state index contributed by atoms with van der Waals surface area (Å²) in [5.74, 6) is 0.315. The van der Waals surface area contributed by atoms with Gasteiger partial charge in [0.05, 0.1) is 18.8 Å². The van der Waals surface area contributed by atoms with Crippen molar-refractivity contribution in [2.45, 2.75) is 13.0 Å². The summed E-state index contributed by atoms with van der Waals surface area (Å²) in [6.45, 7) is 3.60. The van der Waals surface area contributed by atoms with Crippen molar-refractivity contribution in [3.63, 3.8) is 0 Å². The van der Waals surface area contributed by atoms with E-state index in [9.17, 15) is 9.18 Å². The van der Waals surface area contributed by atoms with Crippen molar-refractivity contribution in [2.75, 3.05) is 24.6 Å². The minimum atomic E-state index is -0.277. The maximum Gasteiger partial charge on any atom is 0.255 e. The Hall–Kier alpha value is -2.77. The molecule has 0 radical (unpaired) electrons. The molecule has 1 aromatic carbocycles. The van der Waals surface area contributed by atoms with Crippen LogP contribution in [0.1, 0.15) is 17.2 Å². The summed E-state index contributed by atoms with van der Waals surface area (Å²) in [4.78, 5) is 23.5. The van der Waals surface area contributed by atoms with Gasteiger partial charge in [0.15, 0.2) is 0 Å². The molecule has 2 aromatic heterocycles. The van der Waals surface area contributed by atoms with E-state index in [0.29, 0.717) is 31.3 Å². The Labute approximate surface area is 174 Å². The molecule has 0 unspecified atom stereocenters. The Bertz CT molecular complexity index is 1060. The van der Waals surface area contributed by atoms with Crippen LogP contribution in [0.25, 0.3) is 11.3 Å². The average Bonchev–Trinajstić information content (AvgIpc) is 2.71. The largest absolute Gasteiger partial charge is 0.370 e. The van der Waals surface area contributed by atoms with Gasteiger partial charge in [-0.3, -0.25) is 14.3 Å². The van der Waals surface area contributed by atoms with E-state index in [0.717, 1.165) is 16.7 Å². The maximum atomic E-state index is 13.2. The zero-order chi connectivity index (χ0) is 19.7. The molecular weight excluding hydrogens is 395 g/mol. The van der Waals surface area contributed by atoms with Crippen LogP contribution in [0.4, 0.5) is 10.3 Å². The molecule has 1 aliphatic rings. The van der Waals surface area contributed by atoms with Gasteiger partial charge in [0.1, 0.15) is 11.9 Å². The molecule has 4 rings (SSSR count). The van der Waals surface area contributed by atoms with Gasteiger partial charge in [-0.05, 0) is 36.2 Å². The third kappa shape index (κ3) is 4.31. The van der Waals surface area contributed by atoms with Crippen molar-refractivity contribution < 1.29 is 9.13 Å². The Balaban J connectivity index is 0.00000240. The fourth-order valence-corrected chi connectivity index (χ4v) is 3.42. The first-order chi connectivity index (χ1) is 13.5. The van der Waals surface area contributed by atoms with Crippen LogP contribution in [-0.2, 0) is 11.8 Å². The number of morpholine rings is 1. The molecule has 0 saturated carbocycles. The van der Waals surface area contributed by atoms with Gasteiger partial charge in [-0.25, -0.2) is 9.37 Å². The number of hydrogen-bond acceptors (Lipinski definition) is 5. The third-order valence-corrected chi connectivity index (χ3v) is 5.00. The molecule has 1 fully saturated rings. The number of aromatic nitrogens is 3. The van der Waals surface area contributed by atoms with E-state index in [4.69, 9.17) is 9.72 Å². The highest BCUT2D eigenvalue weighted by atomic mass is 35.5. The fourth-order valence-electron chi connectivity index (χ4n) is 3.42. The number of pyridine rings is 1. The summed E-state index contributed by atoms with van der Waals surface area (Å²) in [5, 5.41) is 0. The Kier molecular flexibility index (Phi) is 6.30. The number of ether oxygens (including phenoxy) is 1. The van der Waals surface area contributed by atoms with Gasteiger partial charge in [-0.2, -0.15) is 0 Å². The normalized spacial score (nSPS) is 16.4. The lowest BCUT2D eigenvalue weighted by Crippen LogP contribution is -2.41. The van der Waals surface area contributed by atoms with E-state index in [1.54, 1.807) is 42.2 Å². The predicted molar refractivity (Wildman–Crippen MR) is 112 cm³/mol. The smallest absolute Gasteiger partial charge is 0.255 e. The van der Waals surface area contributed by atoms with E-state index in [2.05, 4.69) is 4.98 Å². The van der Waals surface area contributed by atoms with Crippen LogP contribution in [-0.4, -0.2) is 34.2 Å². The summed E-state index contributed by atoms with van der Waals surface area (Å²) >= 11 is 0. The summed E-state index contributed by atoms with van der Waals surface area (Å²) in [5.41, 5.74) is 3.25. The lowest BCUT2D eigenvalue weighted by Gasteiger charge is -2.34. The lowest BCUT2D eigenvalue weighted by atomic mass is 10.1. The first-order valence-electron chi connectivity index (χ1n) is 9.14. The first kappa shape index (κ1) is 21.0. The maximum absolute atomic E-state index is 13.2. The topological polar surface area (TPSA) is 60.2 Å². The molecule has 0 amide bonds. The van der Waals surface area contributed by atoms with Gasteiger partial charge in [0.2, 0.25) is 5.95 Å². The highest BCUT2D eigenvalue weighted by molar-refractivity contribution is 5.85. The van der Waals surface area contributed by atoms with E-state index < -0.39 is 0 Å². The number of anilines is 1. The predicted octanol–water partition coefficient (Wildman–Crippen LogP) is 3.29. The molecule has 0 N–H and O–H groups in total. The molecule has 8 heteroatoms. The average molecular weight is 417 g/mol. The molecule has 1 saturated heterocycles. The highest BCUT2D eigenvalue weighted by Gasteiger charge is 2.25. The SMILES string of the molecule is Cc1cnccc1-c1cc(=O)n(C)c(N2CCO[C@@H](c3ccc(F)cc3)C2)n1.Cl. The minimum absolute atomic E-state index is 0. The Morgan fingerprint density at radius 3 is 2.69 bits per heavy atom. The van der Waals surface area contributed by atoms with Gasteiger partial charge in [0, 0.05) is 37.6 Å². The van der Waals surface area contributed by atoms with Crippen molar-refractivity contribution in [1.82, 2.24) is 14.5 Å². The quantitative estimate of drug-likeness (QED) is 0.655. The number of rotatable bonds is 3. The van der Waals surface area contributed by atoms with Crippen LogP contribution in [0.2, 0.25) is 0 Å². The molecule has 6 nitrogen and oxygen atoms in total. The second-order valence-electron chi connectivity index (χ2n) is 6.89. The molecule has 1 aliphatic heterocycles. The lowest BCUT2D eigenvalue weighted by molar-refractivity contribution is 0.0389. The molecule has 0 bridgehead atoms. The van der Waals surface area contributed by atoms with Crippen LogP contribution in [0, 0.1) is 12.7 Å². The van der Waals surface area contributed by atoms with E-state index in [-0.39, 0.29) is 29.9 Å². The van der Waals surface area contributed by atoms with Crippen LogP contribution < -0.4 is 10.5 Å². The number of halogens is 2. The number of benzene rings is 1. The van der Waals surface area contributed by atoms with Crippen molar-refractivity contribution in [3.05, 3.63) is 76.1 Å². The number of nitrogens with zero attached hydrogens (tertiary/aromatic N) is 4. The van der Waals surface area contributed by atoms with Gasteiger partial charge in [0.25, 0.3) is 5.56 Å². The molecule has 3 aromatic rings. The molecule has 3 heterocycles. The number of aryl methyl sites for hydroxylation is 1. The summed E-state index contributed by atoms with van der Waals surface area (Å²) < 4.78 is 20.6. The van der Waals surface area contributed by atoms with Gasteiger partial charge in [-0.1, -0.05) is 12.1 Å². The summed E-state index contributed by atoms with van der Waals surface area (Å²) in [6, 6.07) is 9.72. The standard InChI is InChI=1S/C21H21FN4O2.ClH/c1-14-12-23-8-7-17(14)18-11-20(27)25(2)21(24-18)26-9-10-28-19(13-26)15-3-5-16(22)6-4-15;/h3-8,11-12,19H,9-10,13H2,1-2H3;1H/t19-;/m1./s1. The molecule has 0 spiro atoms. The molecule has 29 heavy (non-hydrogen) atoms. The monoisotopic (exact) mass is 416 g/mol. The van der Waals surface area contributed by atoms with Gasteiger partial charge >= 0.3 is 0 Å². The summed E-state index contributed by atoms with van der Waals surface area (Å²) in [7, 11) is 1.72. The van der Waals surface area contributed by atoms with E-state index >= 15 is 0 Å². The van der Waals surface area contributed by atoms with Gasteiger partial charge < -0.3 is 9.64 Å². The fraction of sp³-hybridized carbons (Fsp3) is 0.286. The van der Waals surface area contributed by atoms with Crippen LogP contribution in [0.15, 0.2) is 53.6 Å². The highest BCUT2D eigenvalue weighted by Crippen LogP contribution is 2.27. The Morgan fingerprint density at radius 1 is 1.21 bits per heavy atom. The van der Waals surface area contributed by atoms with Crippen LogP contribution in [0.3, 0.4) is 0 Å². The summed E-state index contributed by atoms with van der Waals surface area (Å²) in [6.07, 6.45) is 3.24. The zero-order valence-electron chi connectivity index (χ0n) is 16.2. The third-order valence-electron chi connectivity index (χ3n) is 5.00. The molecular formula is C21H22ClFN4O2. The van der Waals surface area contributed by atoms with E-state index in [1.165, 1.54) is 12.1 Å². The van der Waals surface area contributed by atoms with Crippen molar-refractivity contribution >= 4 is 18.4 Å². The minimum Gasteiger partial charge on any atom is -0.370 e. The molecule has 152 valence electrons.